The lowest BCUT2D eigenvalue weighted by Crippen LogP contribution is -3.00. The van der Waals surface area contributed by atoms with E-state index in [0.717, 1.165) is 13.0 Å². The predicted octanol–water partition coefficient (Wildman–Crippen LogP) is 4.82. The Morgan fingerprint density at radius 2 is 1.44 bits per heavy atom. The maximum absolute atomic E-state index is 3.69. The Labute approximate surface area is 213 Å². The minimum Gasteiger partial charge on any atom is -1.00 e. The van der Waals surface area contributed by atoms with Gasteiger partial charge in [0, 0.05) is 10.3 Å². The van der Waals surface area contributed by atoms with E-state index in [1.807, 2.05) is 23.1 Å². The second-order valence-corrected chi connectivity index (χ2v) is 9.86. The number of nitrogens with one attached hydrogen (secondary N) is 1. The van der Waals surface area contributed by atoms with Crippen LogP contribution in [0.15, 0.2) is 82.7 Å². The maximum atomic E-state index is 3.69. The fraction of sp³-hybridized carbons (Fsp3) is 0.148. The van der Waals surface area contributed by atoms with Crippen molar-refractivity contribution < 1.29 is 28.5 Å². The molecule has 2 nitrogen and oxygen atoms in total. The molecule has 0 unspecified atom stereocenters. The minimum atomic E-state index is 0. The summed E-state index contributed by atoms with van der Waals surface area (Å²) in [5, 5.41) is 11.7. The molecule has 0 bridgehead atoms. The van der Waals surface area contributed by atoms with E-state index in [4.69, 9.17) is 0 Å². The standard InChI is InChI=1S/C27H22N2S2.HI/c1-3-17(26-28-22-15-9-10-16-23(22)30-26)27-29(4-2)24-20-13-7-5-11-18(20)19-12-6-8-14-21(19)25(24)31-27;/h5-16H,3-4H2,1-2H3;1H. The number of thiazole rings is 1. The van der Waals surface area contributed by atoms with Gasteiger partial charge in [0.05, 0.1) is 21.7 Å². The number of aryl methyl sites for hydroxylation is 1. The van der Waals surface area contributed by atoms with Gasteiger partial charge in [0.25, 0.3) is 5.01 Å². The van der Waals surface area contributed by atoms with Crippen LogP contribution in [0, 0.1) is 0 Å². The van der Waals surface area contributed by atoms with Gasteiger partial charge in [-0.1, -0.05) is 84.6 Å². The molecule has 1 aromatic heterocycles. The van der Waals surface area contributed by atoms with Crippen molar-refractivity contribution >= 4 is 66.1 Å². The fourth-order valence-electron chi connectivity index (χ4n) is 4.70. The van der Waals surface area contributed by atoms with Gasteiger partial charge in [-0.3, -0.25) is 0 Å². The SMILES string of the molecule is CCC(=C1Nc2ccccc2S1)c1sc2c3ccccc3c3ccccc3c2[n+]1CC.[I-]. The Kier molecular flexibility index (Phi) is 5.90. The molecule has 32 heavy (non-hydrogen) atoms. The summed E-state index contributed by atoms with van der Waals surface area (Å²) in [5.74, 6) is 0. The first-order valence-corrected chi connectivity index (χ1v) is 12.5. The summed E-state index contributed by atoms with van der Waals surface area (Å²) in [6.45, 7) is 5.49. The highest BCUT2D eigenvalue weighted by Crippen LogP contribution is 2.46. The molecule has 1 aliphatic heterocycles. The summed E-state index contributed by atoms with van der Waals surface area (Å²) in [5.41, 5.74) is 3.98. The first-order valence-electron chi connectivity index (χ1n) is 10.8. The molecule has 0 fully saturated rings. The smallest absolute Gasteiger partial charge is 0.268 e. The number of rotatable bonds is 3. The third-order valence-corrected chi connectivity index (χ3v) is 8.53. The van der Waals surface area contributed by atoms with E-state index in [-0.39, 0.29) is 24.0 Å². The van der Waals surface area contributed by atoms with E-state index in [9.17, 15) is 0 Å². The lowest BCUT2D eigenvalue weighted by atomic mass is 10.0. The largest absolute Gasteiger partial charge is 1.00 e. The number of allylic oxidation sites excluding steroid dienone is 1. The Morgan fingerprint density at radius 3 is 2.12 bits per heavy atom. The number of benzene rings is 4. The minimum absolute atomic E-state index is 0. The van der Waals surface area contributed by atoms with Crippen molar-refractivity contribution in [1.29, 1.82) is 0 Å². The number of halogens is 1. The summed E-state index contributed by atoms with van der Waals surface area (Å²) >= 11 is 3.80. The van der Waals surface area contributed by atoms with Crippen molar-refractivity contribution in [2.45, 2.75) is 31.7 Å². The van der Waals surface area contributed by atoms with Gasteiger partial charge < -0.3 is 29.3 Å². The zero-order chi connectivity index (χ0) is 20.9. The van der Waals surface area contributed by atoms with Crippen LogP contribution in [0.1, 0.15) is 25.3 Å². The molecule has 5 aromatic rings. The summed E-state index contributed by atoms with van der Waals surface area (Å²) in [4.78, 5) is 1.31. The molecule has 160 valence electrons. The molecule has 1 N–H and O–H groups in total. The van der Waals surface area contributed by atoms with Crippen molar-refractivity contribution in [2.75, 3.05) is 5.32 Å². The molecular weight excluding hydrogens is 543 g/mol. The number of aromatic nitrogens is 1. The molecule has 0 saturated heterocycles. The molecule has 0 saturated carbocycles. The number of hydrogen-bond acceptors (Lipinski definition) is 3. The average molecular weight is 567 g/mol. The normalized spacial score (nSPS) is 14.4. The topological polar surface area (TPSA) is 15.9 Å². The zero-order valence-corrected chi connectivity index (χ0v) is 21.8. The van der Waals surface area contributed by atoms with Crippen molar-refractivity contribution in [1.82, 2.24) is 0 Å². The fourth-order valence-corrected chi connectivity index (χ4v) is 7.39. The van der Waals surface area contributed by atoms with Crippen LogP contribution in [0.25, 0.3) is 37.3 Å². The van der Waals surface area contributed by atoms with Gasteiger partial charge in [-0.25, -0.2) is 0 Å². The molecule has 0 amide bonds. The molecule has 0 aliphatic carbocycles. The van der Waals surface area contributed by atoms with E-state index in [0.29, 0.717) is 0 Å². The molecule has 4 aromatic carbocycles. The lowest BCUT2D eigenvalue weighted by molar-refractivity contribution is -0.665. The van der Waals surface area contributed by atoms with E-state index >= 15 is 0 Å². The summed E-state index contributed by atoms with van der Waals surface area (Å²) in [7, 11) is 0. The van der Waals surface area contributed by atoms with Crippen LogP contribution < -0.4 is 33.9 Å². The van der Waals surface area contributed by atoms with Crippen LogP contribution in [0.3, 0.4) is 0 Å². The Balaban J connectivity index is 0.00000216. The van der Waals surface area contributed by atoms with Crippen molar-refractivity contribution in [3.05, 3.63) is 82.8 Å². The van der Waals surface area contributed by atoms with Crippen LogP contribution >= 0.6 is 23.1 Å². The number of hydrogen-bond donors (Lipinski definition) is 1. The lowest BCUT2D eigenvalue weighted by Gasteiger charge is -2.06. The third-order valence-electron chi connectivity index (χ3n) is 6.12. The molecular formula is C27H23IN2S2. The van der Waals surface area contributed by atoms with Crippen molar-refractivity contribution in [2.24, 2.45) is 0 Å². The van der Waals surface area contributed by atoms with Crippen LogP contribution in [0.5, 0.6) is 0 Å². The van der Waals surface area contributed by atoms with Gasteiger partial charge in [0.15, 0.2) is 0 Å². The zero-order valence-electron chi connectivity index (χ0n) is 18.0. The second kappa shape index (κ2) is 8.69. The van der Waals surface area contributed by atoms with Gasteiger partial charge in [-0.15, -0.1) is 0 Å². The average Bonchev–Trinajstić information content (AvgIpc) is 3.42. The molecule has 0 radical (unpaired) electrons. The van der Waals surface area contributed by atoms with Gasteiger partial charge in [0.2, 0.25) is 5.52 Å². The Morgan fingerprint density at radius 1 is 0.812 bits per heavy atom. The van der Waals surface area contributed by atoms with Crippen LogP contribution in [0.4, 0.5) is 5.69 Å². The van der Waals surface area contributed by atoms with Gasteiger partial charge in [-0.2, -0.15) is 4.57 Å². The van der Waals surface area contributed by atoms with Gasteiger partial charge in [-0.05, 0) is 42.3 Å². The maximum Gasteiger partial charge on any atom is 0.268 e. The molecule has 0 atom stereocenters. The van der Waals surface area contributed by atoms with E-state index < -0.39 is 0 Å². The number of thioether (sulfide) groups is 1. The van der Waals surface area contributed by atoms with Crippen molar-refractivity contribution in [3.63, 3.8) is 0 Å². The predicted molar refractivity (Wildman–Crippen MR) is 136 cm³/mol. The van der Waals surface area contributed by atoms with Crippen molar-refractivity contribution in [3.8, 4) is 0 Å². The quantitative estimate of drug-likeness (QED) is 0.192. The number of fused-ring (bicyclic) bond motifs is 7. The molecule has 0 spiro atoms. The monoisotopic (exact) mass is 566 g/mol. The molecule has 5 heteroatoms. The number of para-hydroxylation sites is 1. The number of anilines is 1. The van der Waals surface area contributed by atoms with Crippen LogP contribution in [-0.4, -0.2) is 0 Å². The van der Waals surface area contributed by atoms with E-state index in [1.165, 1.54) is 58.0 Å². The van der Waals surface area contributed by atoms with Gasteiger partial charge >= 0.3 is 0 Å². The summed E-state index contributed by atoms with van der Waals surface area (Å²) < 4.78 is 3.92. The highest BCUT2D eigenvalue weighted by atomic mass is 127. The van der Waals surface area contributed by atoms with E-state index in [1.54, 1.807) is 0 Å². The summed E-state index contributed by atoms with van der Waals surface area (Å²) in [6.07, 6.45) is 0.992. The highest BCUT2D eigenvalue weighted by molar-refractivity contribution is 8.04. The van der Waals surface area contributed by atoms with Crippen LogP contribution in [0.2, 0.25) is 0 Å². The van der Waals surface area contributed by atoms with E-state index in [2.05, 4.69) is 96.5 Å². The van der Waals surface area contributed by atoms with Crippen LogP contribution in [-0.2, 0) is 6.54 Å². The number of nitrogens with zero attached hydrogens (tertiary/aromatic N) is 1. The third kappa shape index (κ3) is 3.25. The first kappa shape index (κ1) is 21.7. The highest BCUT2D eigenvalue weighted by Gasteiger charge is 2.29. The second-order valence-electron chi connectivity index (χ2n) is 7.80. The molecule has 6 rings (SSSR count). The molecule has 1 aliphatic rings. The summed E-state index contributed by atoms with van der Waals surface area (Å²) in [6, 6.07) is 26.3. The first-order chi connectivity index (χ1) is 15.3. The Hall–Kier alpha value is -2.09. The van der Waals surface area contributed by atoms with Gasteiger partial charge in [0.1, 0.15) is 11.2 Å². The molecule has 2 heterocycles. The Bertz CT molecular complexity index is 1490.